The van der Waals surface area contributed by atoms with Crippen molar-refractivity contribution in [3.63, 3.8) is 0 Å². The van der Waals surface area contributed by atoms with Gasteiger partial charge >= 0.3 is 0 Å². The van der Waals surface area contributed by atoms with E-state index in [0.717, 1.165) is 6.20 Å². The van der Waals surface area contributed by atoms with Gasteiger partial charge in [-0.3, -0.25) is 9.78 Å². The fourth-order valence-electron chi connectivity index (χ4n) is 1.73. The van der Waals surface area contributed by atoms with E-state index in [4.69, 9.17) is 9.84 Å². The standard InChI is InChI=1S/C11H13FN2O3/c12-10-5-13-2-1-9(10)11(16)14-3-4-17-8(6-14)7-15/h1-2,5,8,15H,3-4,6-7H2. The number of hydrogen-bond donors (Lipinski definition) is 1. The van der Waals surface area contributed by atoms with Crippen LogP contribution in [0.15, 0.2) is 18.5 Å². The van der Waals surface area contributed by atoms with Crippen LogP contribution >= 0.6 is 0 Å². The maximum atomic E-state index is 13.4. The van der Waals surface area contributed by atoms with Gasteiger partial charge < -0.3 is 14.7 Å². The highest BCUT2D eigenvalue weighted by Crippen LogP contribution is 2.12. The number of carbonyl (C=O) groups is 1. The van der Waals surface area contributed by atoms with Crippen molar-refractivity contribution in [3.05, 3.63) is 29.8 Å². The van der Waals surface area contributed by atoms with E-state index >= 15 is 0 Å². The molecule has 92 valence electrons. The van der Waals surface area contributed by atoms with E-state index in [-0.39, 0.29) is 18.7 Å². The first-order chi connectivity index (χ1) is 8.22. The number of morpholine rings is 1. The van der Waals surface area contributed by atoms with Crippen LogP contribution in [0, 0.1) is 5.82 Å². The van der Waals surface area contributed by atoms with Crippen molar-refractivity contribution < 1.29 is 19.0 Å². The summed E-state index contributed by atoms with van der Waals surface area (Å²) in [5, 5.41) is 8.97. The Balaban J connectivity index is 2.12. The summed E-state index contributed by atoms with van der Waals surface area (Å²) in [5.41, 5.74) is -0.00131. The van der Waals surface area contributed by atoms with Gasteiger partial charge in [0.1, 0.15) is 0 Å². The number of aliphatic hydroxyl groups excluding tert-OH is 1. The maximum Gasteiger partial charge on any atom is 0.257 e. The number of ether oxygens (including phenoxy) is 1. The van der Waals surface area contributed by atoms with Gasteiger partial charge in [-0.25, -0.2) is 4.39 Å². The van der Waals surface area contributed by atoms with Gasteiger partial charge in [0.15, 0.2) is 5.82 Å². The molecule has 1 aromatic heterocycles. The van der Waals surface area contributed by atoms with Gasteiger partial charge in [-0.2, -0.15) is 0 Å². The first-order valence-electron chi connectivity index (χ1n) is 5.33. The van der Waals surface area contributed by atoms with Crippen LogP contribution in [0.25, 0.3) is 0 Å². The molecule has 1 atom stereocenters. The van der Waals surface area contributed by atoms with E-state index in [1.807, 2.05) is 0 Å². The highest BCUT2D eigenvalue weighted by molar-refractivity contribution is 5.94. The minimum atomic E-state index is -0.635. The van der Waals surface area contributed by atoms with Gasteiger partial charge in [-0.1, -0.05) is 0 Å². The van der Waals surface area contributed by atoms with E-state index < -0.39 is 17.8 Å². The maximum absolute atomic E-state index is 13.4. The summed E-state index contributed by atoms with van der Waals surface area (Å²) < 4.78 is 18.6. The SMILES string of the molecule is O=C(c1ccncc1F)N1CCOC(CO)C1. The number of nitrogens with zero attached hydrogens (tertiary/aromatic N) is 2. The third-order valence-electron chi connectivity index (χ3n) is 2.63. The van der Waals surface area contributed by atoms with E-state index in [2.05, 4.69) is 4.98 Å². The van der Waals surface area contributed by atoms with Crippen molar-refractivity contribution >= 4 is 5.91 Å². The monoisotopic (exact) mass is 240 g/mol. The Morgan fingerprint density at radius 1 is 1.71 bits per heavy atom. The summed E-state index contributed by atoms with van der Waals surface area (Å²) in [5.74, 6) is -1.03. The van der Waals surface area contributed by atoms with Crippen molar-refractivity contribution in [3.8, 4) is 0 Å². The van der Waals surface area contributed by atoms with Crippen LogP contribution < -0.4 is 0 Å². The first kappa shape index (κ1) is 11.9. The molecule has 1 aromatic rings. The van der Waals surface area contributed by atoms with Crippen molar-refractivity contribution in [2.24, 2.45) is 0 Å². The Morgan fingerprint density at radius 3 is 3.24 bits per heavy atom. The first-order valence-corrected chi connectivity index (χ1v) is 5.33. The molecule has 0 aliphatic carbocycles. The second-order valence-corrected chi connectivity index (χ2v) is 3.78. The molecule has 17 heavy (non-hydrogen) atoms. The van der Waals surface area contributed by atoms with Crippen molar-refractivity contribution in [1.82, 2.24) is 9.88 Å². The zero-order valence-electron chi connectivity index (χ0n) is 9.17. The Morgan fingerprint density at radius 2 is 2.53 bits per heavy atom. The highest BCUT2D eigenvalue weighted by Gasteiger charge is 2.25. The number of pyridine rings is 1. The number of aromatic nitrogens is 1. The molecule has 1 aliphatic rings. The molecule has 2 rings (SSSR count). The molecule has 2 heterocycles. The van der Waals surface area contributed by atoms with Gasteiger partial charge in [-0.05, 0) is 6.07 Å². The van der Waals surface area contributed by atoms with Crippen LogP contribution in [0.5, 0.6) is 0 Å². The zero-order chi connectivity index (χ0) is 12.3. The Hall–Kier alpha value is -1.53. The molecular weight excluding hydrogens is 227 g/mol. The lowest BCUT2D eigenvalue weighted by Crippen LogP contribution is -2.47. The Bertz CT molecular complexity index is 413. The van der Waals surface area contributed by atoms with E-state index in [1.54, 1.807) is 0 Å². The smallest absolute Gasteiger partial charge is 0.257 e. The average Bonchev–Trinajstić information content (AvgIpc) is 2.38. The summed E-state index contributed by atoms with van der Waals surface area (Å²) in [7, 11) is 0. The zero-order valence-corrected chi connectivity index (χ0v) is 9.17. The fraction of sp³-hybridized carbons (Fsp3) is 0.455. The number of halogens is 1. The lowest BCUT2D eigenvalue weighted by Gasteiger charge is -2.32. The highest BCUT2D eigenvalue weighted by atomic mass is 19.1. The summed E-state index contributed by atoms with van der Waals surface area (Å²) in [6, 6.07) is 1.35. The summed E-state index contributed by atoms with van der Waals surface area (Å²) >= 11 is 0. The third kappa shape index (κ3) is 2.59. The molecule has 1 unspecified atom stereocenters. The van der Waals surface area contributed by atoms with Crippen molar-refractivity contribution in [2.45, 2.75) is 6.10 Å². The van der Waals surface area contributed by atoms with Gasteiger partial charge in [0.05, 0.1) is 31.1 Å². The number of hydrogen-bond acceptors (Lipinski definition) is 4. The van der Waals surface area contributed by atoms with E-state index in [9.17, 15) is 9.18 Å². The molecule has 1 fully saturated rings. The van der Waals surface area contributed by atoms with Crippen LogP contribution in [0.2, 0.25) is 0 Å². The normalized spacial score (nSPS) is 20.4. The average molecular weight is 240 g/mol. The van der Waals surface area contributed by atoms with Gasteiger partial charge in [0, 0.05) is 19.3 Å². The van der Waals surface area contributed by atoms with Crippen LogP contribution in [-0.4, -0.2) is 53.3 Å². The molecule has 0 radical (unpaired) electrons. The molecule has 1 amide bonds. The second kappa shape index (κ2) is 5.20. The topological polar surface area (TPSA) is 62.7 Å². The predicted octanol–water partition coefficient (Wildman–Crippen LogP) is 0.0540. The van der Waals surface area contributed by atoms with Gasteiger partial charge in [-0.15, -0.1) is 0 Å². The van der Waals surface area contributed by atoms with Crippen molar-refractivity contribution in [1.29, 1.82) is 0 Å². The molecule has 1 aliphatic heterocycles. The summed E-state index contributed by atoms with van der Waals surface area (Å²) in [6.07, 6.45) is 2.00. The molecule has 1 N–H and O–H groups in total. The molecule has 0 saturated carbocycles. The van der Waals surface area contributed by atoms with Crippen LogP contribution in [0.4, 0.5) is 4.39 Å². The number of carbonyl (C=O) groups excluding carboxylic acids is 1. The fourth-order valence-corrected chi connectivity index (χ4v) is 1.73. The van der Waals surface area contributed by atoms with Crippen LogP contribution in [-0.2, 0) is 4.74 Å². The van der Waals surface area contributed by atoms with Gasteiger partial charge in [0.25, 0.3) is 5.91 Å². The quantitative estimate of drug-likeness (QED) is 0.793. The van der Waals surface area contributed by atoms with E-state index in [0.29, 0.717) is 13.2 Å². The Labute approximate surface area is 97.8 Å². The number of amides is 1. The van der Waals surface area contributed by atoms with Gasteiger partial charge in [0.2, 0.25) is 0 Å². The third-order valence-corrected chi connectivity index (χ3v) is 2.63. The molecule has 0 spiro atoms. The molecule has 1 saturated heterocycles. The van der Waals surface area contributed by atoms with Crippen LogP contribution in [0.3, 0.4) is 0 Å². The minimum Gasteiger partial charge on any atom is -0.394 e. The largest absolute Gasteiger partial charge is 0.394 e. The summed E-state index contributed by atoms with van der Waals surface area (Å²) in [6.45, 7) is 0.875. The Kier molecular flexibility index (Phi) is 3.65. The minimum absolute atomic E-state index is 0.00131. The van der Waals surface area contributed by atoms with E-state index in [1.165, 1.54) is 17.2 Å². The lowest BCUT2D eigenvalue weighted by atomic mass is 10.2. The molecule has 5 nitrogen and oxygen atoms in total. The van der Waals surface area contributed by atoms with Crippen LogP contribution in [0.1, 0.15) is 10.4 Å². The lowest BCUT2D eigenvalue weighted by molar-refractivity contribution is -0.0448. The van der Waals surface area contributed by atoms with Crippen molar-refractivity contribution in [2.75, 3.05) is 26.3 Å². The molecule has 6 heteroatoms. The molecule has 0 aromatic carbocycles. The molecule has 0 bridgehead atoms. The molecular formula is C11H13FN2O3. The second-order valence-electron chi connectivity index (χ2n) is 3.78. The number of rotatable bonds is 2. The summed E-state index contributed by atoms with van der Waals surface area (Å²) in [4.78, 5) is 17.1. The number of aliphatic hydroxyl groups is 1. The predicted molar refractivity (Wildman–Crippen MR) is 56.9 cm³/mol.